The molecule has 1 atom stereocenters. The van der Waals surface area contributed by atoms with Crippen molar-refractivity contribution in [2.45, 2.75) is 5.92 Å². The third-order valence-electron chi connectivity index (χ3n) is 3.20. The largest absolute Gasteiger partial charge is 0.481 e. The highest BCUT2D eigenvalue weighted by molar-refractivity contribution is 5.91. The number of rotatable bonds is 3. The molecule has 0 aliphatic heterocycles. The van der Waals surface area contributed by atoms with Crippen LogP contribution in [-0.4, -0.2) is 21.0 Å². The van der Waals surface area contributed by atoms with Crippen molar-refractivity contribution in [1.82, 2.24) is 9.97 Å². The second kappa shape index (κ2) is 4.57. The number of carboxylic acid groups (broad SMARTS) is 1. The van der Waals surface area contributed by atoms with Crippen LogP contribution in [0.15, 0.2) is 55.0 Å². The van der Waals surface area contributed by atoms with E-state index in [4.69, 9.17) is 0 Å². The van der Waals surface area contributed by atoms with E-state index in [0.717, 1.165) is 16.5 Å². The summed E-state index contributed by atoms with van der Waals surface area (Å²) in [5, 5.41) is 10.4. The number of nitrogens with one attached hydrogen (secondary N) is 1. The fourth-order valence-electron chi connectivity index (χ4n) is 2.33. The van der Waals surface area contributed by atoms with Gasteiger partial charge in [0.05, 0.1) is 0 Å². The highest BCUT2D eigenvalue weighted by Crippen LogP contribution is 2.30. The minimum absolute atomic E-state index is 0.680. The number of nitrogens with zero attached hydrogens (tertiary/aromatic N) is 1. The van der Waals surface area contributed by atoms with Crippen molar-refractivity contribution in [3.8, 4) is 0 Å². The number of para-hydroxylation sites is 1. The van der Waals surface area contributed by atoms with E-state index >= 15 is 0 Å². The lowest BCUT2D eigenvalue weighted by Crippen LogP contribution is -2.12. The highest BCUT2D eigenvalue weighted by Gasteiger charge is 2.24. The van der Waals surface area contributed by atoms with Gasteiger partial charge in [-0.15, -0.1) is 0 Å². The third-order valence-corrected chi connectivity index (χ3v) is 3.20. The predicted octanol–water partition coefficient (Wildman–Crippen LogP) is 2.78. The summed E-state index contributed by atoms with van der Waals surface area (Å²) in [4.78, 5) is 18.7. The molecule has 19 heavy (non-hydrogen) atoms. The van der Waals surface area contributed by atoms with Crippen molar-refractivity contribution in [2.24, 2.45) is 0 Å². The van der Waals surface area contributed by atoms with Crippen LogP contribution in [-0.2, 0) is 4.79 Å². The van der Waals surface area contributed by atoms with Crippen molar-refractivity contribution >= 4 is 16.9 Å². The van der Waals surface area contributed by atoms with Gasteiger partial charge in [-0.3, -0.25) is 9.78 Å². The zero-order chi connectivity index (χ0) is 13.2. The molecule has 94 valence electrons. The Bertz CT molecular complexity index is 719. The Kier molecular flexibility index (Phi) is 2.76. The number of aliphatic carboxylic acids is 1. The van der Waals surface area contributed by atoms with Crippen LogP contribution < -0.4 is 0 Å². The van der Waals surface area contributed by atoms with E-state index in [0.29, 0.717) is 5.56 Å². The van der Waals surface area contributed by atoms with E-state index in [1.54, 1.807) is 30.7 Å². The highest BCUT2D eigenvalue weighted by atomic mass is 16.4. The van der Waals surface area contributed by atoms with Gasteiger partial charge in [0.2, 0.25) is 0 Å². The van der Waals surface area contributed by atoms with Gasteiger partial charge in [0.25, 0.3) is 0 Å². The molecule has 0 bridgehead atoms. The van der Waals surface area contributed by atoms with Gasteiger partial charge in [-0.25, -0.2) is 0 Å². The summed E-state index contributed by atoms with van der Waals surface area (Å²) in [6, 6.07) is 11.2. The van der Waals surface area contributed by atoms with Crippen LogP contribution >= 0.6 is 0 Å². The summed E-state index contributed by atoms with van der Waals surface area (Å²) in [6.07, 6.45) is 4.99. The van der Waals surface area contributed by atoms with E-state index in [-0.39, 0.29) is 0 Å². The number of carbonyl (C=O) groups is 1. The van der Waals surface area contributed by atoms with Gasteiger partial charge in [0.15, 0.2) is 0 Å². The van der Waals surface area contributed by atoms with Crippen LogP contribution in [0.2, 0.25) is 0 Å². The standard InChI is InChI=1S/C15H12N2O2/c18-15(19)14(10-4-3-7-16-8-10)12-9-17-13-6-2-1-5-11(12)13/h1-9,14,17H,(H,18,19). The number of benzene rings is 1. The molecule has 2 aromatic heterocycles. The molecule has 4 heteroatoms. The molecule has 0 radical (unpaired) electrons. The molecule has 2 heterocycles. The van der Waals surface area contributed by atoms with Crippen LogP contribution in [0.3, 0.4) is 0 Å². The first-order valence-electron chi connectivity index (χ1n) is 5.96. The van der Waals surface area contributed by atoms with E-state index in [9.17, 15) is 9.90 Å². The Labute approximate surface area is 109 Å². The van der Waals surface area contributed by atoms with Gasteiger partial charge in [0.1, 0.15) is 5.92 Å². The average Bonchev–Trinajstić information content (AvgIpc) is 2.84. The van der Waals surface area contributed by atoms with Crippen LogP contribution in [0.1, 0.15) is 17.0 Å². The summed E-state index contributed by atoms with van der Waals surface area (Å²) in [5.41, 5.74) is 2.38. The fraction of sp³-hybridized carbons (Fsp3) is 0.0667. The van der Waals surface area contributed by atoms with Gasteiger partial charge >= 0.3 is 5.97 Å². The van der Waals surface area contributed by atoms with E-state index in [1.807, 2.05) is 24.3 Å². The summed E-state index contributed by atoms with van der Waals surface area (Å²) < 4.78 is 0. The summed E-state index contributed by atoms with van der Waals surface area (Å²) >= 11 is 0. The van der Waals surface area contributed by atoms with Crippen molar-refractivity contribution in [3.05, 3.63) is 66.1 Å². The van der Waals surface area contributed by atoms with E-state index in [1.165, 1.54) is 0 Å². The van der Waals surface area contributed by atoms with Gasteiger partial charge in [0, 0.05) is 29.5 Å². The summed E-state index contributed by atoms with van der Waals surface area (Å²) in [6.45, 7) is 0. The number of aromatic nitrogens is 2. The summed E-state index contributed by atoms with van der Waals surface area (Å²) in [5.74, 6) is -1.58. The first-order valence-corrected chi connectivity index (χ1v) is 5.96. The first-order chi connectivity index (χ1) is 9.27. The Balaban J connectivity index is 2.18. The molecular formula is C15H12N2O2. The number of H-pyrrole nitrogens is 1. The van der Waals surface area contributed by atoms with E-state index in [2.05, 4.69) is 9.97 Å². The quantitative estimate of drug-likeness (QED) is 0.753. The third kappa shape index (κ3) is 1.97. The molecular weight excluding hydrogens is 240 g/mol. The number of aromatic amines is 1. The van der Waals surface area contributed by atoms with E-state index < -0.39 is 11.9 Å². The molecule has 3 aromatic rings. The van der Waals surface area contributed by atoms with Gasteiger partial charge in [-0.2, -0.15) is 0 Å². The normalized spacial score (nSPS) is 12.4. The van der Waals surface area contributed by atoms with Crippen LogP contribution in [0, 0.1) is 0 Å². The molecule has 3 rings (SSSR count). The zero-order valence-corrected chi connectivity index (χ0v) is 10.1. The Hall–Kier alpha value is -2.62. The maximum Gasteiger partial charge on any atom is 0.315 e. The van der Waals surface area contributed by atoms with Crippen molar-refractivity contribution in [2.75, 3.05) is 0 Å². The lowest BCUT2D eigenvalue weighted by atomic mass is 9.92. The number of hydrogen-bond acceptors (Lipinski definition) is 2. The number of hydrogen-bond donors (Lipinski definition) is 2. The van der Waals surface area contributed by atoms with Gasteiger partial charge in [-0.05, 0) is 23.3 Å². The molecule has 0 saturated carbocycles. The molecule has 0 amide bonds. The Morgan fingerprint density at radius 3 is 2.79 bits per heavy atom. The molecule has 1 aromatic carbocycles. The number of fused-ring (bicyclic) bond motifs is 1. The minimum Gasteiger partial charge on any atom is -0.481 e. The molecule has 0 saturated heterocycles. The smallest absolute Gasteiger partial charge is 0.315 e. The topological polar surface area (TPSA) is 66.0 Å². The second-order valence-corrected chi connectivity index (χ2v) is 4.35. The second-order valence-electron chi connectivity index (χ2n) is 4.35. The van der Waals surface area contributed by atoms with Gasteiger partial charge in [-0.1, -0.05) is 24.3 Å². The van der Waals surface area contributed by atoms with Crippen LogP contribution in [0.5, 0.6) is 0 Å². The maximum absolute atomic E-state index is 11.6. The van der Waals surface area contributed by atoms with Crippen LogP contribution in [0.4, 0.5) is 0 Å². The molecule has 2 N–H and O–H groups in total. The lowest BCUT2D eigenvalue weighted by Gasteiger charge is -2.11. The lowest BCUT2D eigenvalue weighted by molar-refractivity contribution is -0.137. The van der Waals surface area contributed by atoms with Crippen molar-refractivity contribution < 1.29 is 9.90 Å². The molecule has 0 aliphatic rings. The monoisotopic (exact) mass is 252 g/mol. The Morgan fingerprint density at radius 1 is 1.21 bits per heavy atom. The molecule has 0 aliphatic carbocycles. The molecule has 0 spiro atoms. The van der Waals surface area contributed by atoms with Crippen LogP contribution in [0.25, 0.3) is 10.9 Å². The number of pyridine rings is 1. The predicted molar refractivity (Wildman–Crippen MR) is 72.0 cm³/mol. The van der Waals surface area contributed by atoms with Crippen molar-refractivity contribution in [1.29, 1.82) is 0 Å². The van der Waals surface area contributed by atoms with Crippen molar-refractivity contribution in [3.63, 3.8) is 0 Å². The first kappa shape index (κ1) is 11.5. The zero-order valence-electron chi connectivity index (χ0n) is 10.1. The minimum atomic E-state index is -0.877. The molecule has 0 fully saturated rings. The van der Waals surface area contributed by atoms with Gasteiger partial charge < -0.3 is 10.1 Å². The maximum atomic E-state index is 11.6. The molecule has 4 nitrogen and oxygen atoms in total. The summed E-state index contributed by atoms with van der Waals surface area (Å²) in [7, 11) is 0. The number of carboxylic acids is 1. The Morgan fingerprint density at radius 2 is 2.05 bits per heavy atom. The average molecular weight is 252 g/mol. The molecule has 1 unspecified atom stereocenters. The SMILES string of the molecule is O=C(O)C(c1cccnc1)c1c[nH]c2ccccc12. The fourth-order valence-corrected chi connectivity index (χ4v) is 2.33.